The Hall–Kier alpha value is -0.810. The van der Waals surface area contributed by atoms with Gasteiger partial charge in [0.1, 0.15) is 11.9 Å². The number of halogens is 5. The van der Waals surface area contributed by atoms with Crippen LogP contribution in [0.3, 0.4) is 0 Å². The SMILES string of the molecule is CCN[C@H](c1ccc(Cl)c(F)c1)C(F)(F)F. The zero-order chi connectivity index (χ0) is 12.3. The number of benzene rings is 1. The van der Waals surface area contributed by atoms with Gasteiger partial charge in [-0.3, -0.25) is 0 Å². The summed E-state index contributed by atoms with van der Waals surface area (Å²) >= 11 is 5.40. The lowest BCUT2D eigenvalue weighted by Crippen LogP contribution is -2.34. The normalized spacial score (nSPS) is 13.9. The van der Waals surface area contributed by atoms with Crippen LogP contribution in [0.1, 0.15) is 18.5 Å². The van der Waals surface area contributed by atoms with Gasteiger partial charge in [-0.05, 0) is 24.2 Å². The van der Waals surface area contributed by atoms with Crippen molar-refractivity contribution in [1.29, 1.82) is 0 Å². The van der Waals surface area contributed by atoms with E-state index in [-0.39, 0.29) is 17.1 Å². The Bertz CT molecular complexity index is 364. The number of hydrogen-bond acceptors (Lipinski definition) is 1. The van der Waals surface area contributed by atoms with E-state index >= 15 is 0 Å². The molecule has 0 fully saturated rings. The van der Waals surface area contributed by atoms with Gasteiger partial charge in [-0.25, -0.2) is 4.39 Å². The Morgan fingerprint density at radius 3 is 2.44 bits per heavy atom. The highest BCUT2D eigenvalue weighted by Crippen LogP contribution is 2.33. The molecule has 1 aromatic rings. The summed E-state index contributed by atoms with van der Waals surface area (Å²) in [5.74, 6) is -0.855. The lowest BCUT2D eigenvalue weighted by atomic mass is 10.1. The van der Waals surface area contributed by atoms with E-state index < -0.39 is 18.0 Å². The van der Waals surface area contributed by atoms with Gasteiger partial charge in [0, 0.05) is 0 Å². The predicted molar refractivity (Wildman–Crippen MR) is 53.9 cm³/mol. The van der Waals surface area contributed by atoms with Gasteiger partial charge in [-0.2, -0.15) is 13.2 Å². The van der Waals surface area contributed by atoms with Gasteiger partial charge < -0.3 is 5.32 Å². The van der Waals surface area contributed by atoms with Crippen LogP contribution in [-0.4, -0.2) is 12.7 Å². The van der Waals surface area contributed by atoms with E-state index in [0.29, 0.717) is 0 Å². The van der Waals surface area contributed by atoms with Crippen LogP contribution in [0.25, 0.3) is 0 Å². The van der Waals surface area contributed by atoms with Gasteiger partial charge in [0.2, 0.25) is 0 Å². The first-order valence-corrected chi connectivity index (χ1v) is 4.99. The average molecular weight is 256 g/mol. The van der Waals surface area contributed by atoms with Gasteiger partial charge in [-0.1, -0.05) is 24.6 Å². The van der Waals surface area contributed by atoms with Gasteiger partial charge in [0.05, 0.1) is 5.02 Å². The standard InChI is InChI=1S/C10H10ClF4N/c1-2-16-9(10(13,14)15)6-3-4-7(11)8(12)5-6/h3-5,9,16H,2H2,1H3/t9-/m1/s1. The van der Waals surface area contributed by atoms with Crippen molar-refractivity contribution >= 4 is 11.6 Å². The van der Waals surface area contributed by atoms with E-state index in [1.54, 1.807) is 6.92 Å². The minimum Gasteiger partial charge on any atom is -0.303 e. The van der Waals surface area contributed by atoms with Crippen molar-refractivity contribution < 1.29 is 17.6 Å². The molecule has 6 heteroatoms. The van der Waals surface area contributed by atoms with Gasteiger partial charge in [0.15, 0.2) is 0 Å². The highest BCUT2D eigenvalue weighted by Gasteiger charge is 2.40. The van der Waals surface area contributed by atoms with Crippen LogP contribution in [0, 0.1) is 5.82 Å². The second-order valence-electron chi connectivity index (χ2n) is 3.21. The van der Waals surface area contributed by atoms with E-state index in [9.17, 15) is 17.6 Å². The molecule has 0 unspecified atom stereocenters. The highest BCUT2D eigenvalue weighted by molar-refractivity contribution is 6.30. The molecule has 1 aromatic carbocycles. The third-order valence-corrected chi connectivity index (χ3v) is 2.32. The van der Waals surface area contributed by atoms with E-state index in [0.717, 1.165) is 18.2 Å². The topological polar surface area (TPSA) is 12.0 Å². The molecule has 1 N–H and O–H groups in total. The van der Waals surface area contributed by atoms with Crippen molar-refractivity contribution in [2.75, 3.05) is 6.54 Å². The molecule has 1 nitrogen and oxygen atoms in total. The van der Waals surface area contributed by atoms with E-state index in [1.165, 1.54) is 0 Å². The molecule has 0 amide bonds. The molecule has 0 saturated heterocycles. The minimum atomic E-state index is -4.46. The summed E-state index contributed by atoms with van der Waals surface area (Å²) in [5, 5.41) is 2.06. The second kappa shape index (κ2) is 5.01. The van der Waals surface area contributed by atoms with Crippen LogP contribution in [0.4, 0.5) is 17.6 Å². The molecule has 0 spiro atoms. The van der Waals surface area contributed by atoms with Crippen molar-refractivity contribution in [2.24, 2.45) is 0 Å². The van der Waals surface area contributed by atoms with Crippen molar-refractivity contribution in [3.05, 3.63) is 34.6 Å². The molecule has 0 aliphatic heterocycles. The second-order valence-corrected chi connectivity index (χ2v) is 3.61. The van der Waals surface area contributed by atoms with E-state index in [2.05, 4.69) is 5.32 Å². The monoisotopic (exact) mass is 255 g/mol. The molecule has 0 saturated carbocycles. The third kappa shape index (κ3) is 3.09. The largest absolute Gasteiger partial charge is 0.407 e. The van der Waals surface area contributed by atoms with Crippen molar-refractivity contribution in [3.8, 4) is 0 Å². The number of hydrogen-bond donors (Lipinski definition) is 1. The Morgan fingerprint density at radius 1 is 1.38 bits per heavy atom. The lowest BCUT2D eigenvalue weighted by Gasteiger charge is -2.21. The van der Waals surface area contributed by atoms with E-state index in [1.807, 2.05) is 0 Å². The minimum absolute atomic E-state index is 0.133. The fourth-order valence-corrected chi connectivity index (χ4v) is 1.44. The summed E-state index contributed by atoms with van der Waals surface area (Å²) < 4.78 is 50.9. The molecule has 1 rings (SSSR count). The first kappa shape index (κ1) is 13.3. The molecule has 0 radical (unpaired) electrons. The molecule has 1 atom stereocenters. The summed E-state index contributed by atoms with van der Waals surface area (Å²) in [7, 11) is 0. The Balaban J connectivity index is 3.06. The van der Waals surface area contributed by atoms with Crippen LogP contribution < -0.4 is 5.32 Å². The predicted octanol–water partition coefficient (Wildman–Crippen LogP) is 3.69. The van der Waals surface area contributed by atoms with Gasteiger partial charge >= 0.3 is 6.18 Å². The van der Waals surface area contributed by atoms with Crippen LogP contribution in [0.15, 0.2) is 18.2 Å². The Labute approximate surface area is 95.4 Å². The number of alkyl halides is 3. The zero-order valence-corrected chi connectivity index (χ0v) is 9.16. The molecular formula is C10H10ClF4N. The first-order valence-electron chi connectivity index (χ1n) is 4.61. The smallest absolute Gasteiger partial charge is 0.303 e. The van der Waals surface area contributed by atoms with Crippen molar-refractivity contribution in [2.45, 2.75) is 19.1 Å². The molecule has 0 heterocycles. The molecule has 0 aromatic heterocycles. The lowest BCUT2D eigenvalue weighted by molar-refractivity contribution is -0.157. The van der Waals surface area contributed by atoms with Crippen LogP contribution in [0.5, 0.6) is 0 Å². The Kier molecular flexibility index (Phi) is 4.15. The first-order chi connectivity index (χ1) is 7.36. The van der Waals surface area contributed by atoms with Crippen molar-refractivity contribution in [1.82, 2.24) is 5.32 Å². The molecule has 0 aliphatic rings. The summed E-state index contributed by atoms with van der Waals surface area (Å²) in [5.41, 5.74) is -0.184. The molecule has 0 bridgehead atoms. The van der Waals surface area contributed by atoms with Crippen LogP contribution in [-0.2, 0) is 0 Å². The molecule has 90 valence electrons. The molecular weight excluding hydrogens is 246 g/mol. The highest BCUT2D eigenvalue weighted by atomic mass is 35.5. The summed E-state index contributed by atoms with van der Waals surface area (Å²) in [6.07, 6.45) is -4.46. The molecule has 16 heavy (non-hydrogen) atoms. The fraction of sp³-hybridized carbons (Fsp3) is 0.400. The Morgan fingerprint density at radius 2 is 2.00 bits per heavy atom. The zero-order valence-electron chi connectivity index (χ0n) is 8.41. The maximum atomic E-state index is 13.0. The fourth-order valence-electron chi connectivity index (χ4n) is 1.32. The number of rotatable bonds is 3. The van der Waals surface area contributed by atoms with Gasteiger partial charge in [0.25, 0.3) is 0 Å². The van der Waals surface area contributed by atoms with Gasteiger partial charge in [-0.15, -0.1) is 0 Å². The van der Waals surface area contributed by atoms with Crippen molar-refractivity contribution in [3.63, 3.8) is 0 Å². The maximum Gasteiger partial charge on any atom is 0.407 e. The summed E-state index contributed by atoms with van der Waals surface area (Å²) in [6.45, 7) is 1.68. The quantitative estimate of drug-likeness (QED) is 0.812. The number of nitrogens with one attached hydrogen (secondary N) is 1. The average Bonchev–Trinajstić information content (AvgIpc) is 2.17. The van der Waals surface area contributed by atoms with Crippen LogP contribution in [0.2, 0.25) is 5.02 Å². The van der Waals surface area contributed by atoms with E-state index in [4.69, 9.17) is 11.6 Å². The maximum absolute atomic E-state index is 13.0. The summed E-state index contributed by atoms with van der Waals surface area (Å²) in [4.78, 5) is 0. The third-order valence-electron chi connectivity index (χ3n) is 2.01. The van der Waals surface area contributed by atoms with Crippen LogP contribution >= 0.6 is 11.6 Å². The summed E-state index contributed by atoms with van der Waals surface area (Å²) in [6, 6.07) is 1.20. The molecule has 0 aliphatic carbocycles.